The number of amides is 1. The van der Waals surface area contributed by atoms with Gasteiger partial charge in [0, 0.05) is 18.0 Å². The number of sulfone groups is 1. The molecule has 1 aliphatic heterocycles. The number of nitrogens with zero attached hydrogens (tertiary/aromatic N) is 1. The van der Waals surface area contributed by atoms with Crippen LogP contribution in [0.5, 0.6) is 0 Å². The number of piperidine rings is 1. The second kappa shape index (κ2) is 9.90. The number of rotatable bonds is 4. The third kappa shape index (κ3) is 4.34. The Kier molecular flexibility index (Phi) is 7.04. The van der Waals surface area contributed by atoms with E-state index in [4.69, 9.17) is 0 Å². The molecule has 2 atom stereocenters. The average molecular weight is 650 g/mol. The highest BCUT2D eigenvalue weighted by molar-refractivity contribution is 7.92. The molecular formula is C31H31F8NO3S. The molecule has 2 unspecified atom stereocenters. The smallest absolute Gasteiger partial charge is 0.338 e. The van der Waals surface area contributed by atoms with Crippen molar-refractivity contribution in [1.29, 1.82) is 0 Å². The molecule has 0 radical (unpaired) electrons. The second-order valence-corrected chi connectivity index (χ2v) is 15.4. The molecule has 0 bridgehead atoms. The van der Waals surface area contributed by atoms with Gasteiger partial charge >= 0.3 is 18.0 Å². The van der Waals surface area contributed by atoms with Crippen LogP contribution in [0.15, 0.2) is 47.4 Å². The lowest BCUT2D eigenvalue weighted by Crippen LogP contribution is -2.64. The van der Waals surface area contributed by atoms with Crippen LogP contribution >= 0.6 is 0 Å². The number of hydrogen-bond acceptors (Lipinski definition) is 3. The fourth-order valence-electron chi connectivity index (χ4n) is 8.71. The van der Waals surface area contributed by atoms with Crippen molar-refractivity contribution >= 4 is 15.7 Å². The molecule has 3 fully saturated rings. The van der Waals surface area contributed by atoms with E-state index in [0.717, 1.165) is 31.0 Å². The standard InChI is InChI=1S/C31H31F8NO3S/c1-18-14-27(15-18)16-20(17-27)26(41)40-11-3-10-28(44(42,43)23-5-2-4-22(32)13-23)24-8-7-21(12-19(24)6-9-25(28)40)29(33,30(34,35)36)31(37,38)39/h2,4-5,7-8,12-13,18,20,25H,3,6,9-11,14-17H2,1H3. The van der Waals surface area contributed by atoms with E-state index in [0.29, 0.717) is 30.9 Å². The first-order chi connectivity index (χ1) is 20.4. The van der Waals surface area contributed by atoms with Crippen molar-refractivity contribution in [2.45, 2.75) is 92.0 Å². The van der Waals surface area contributed by atoms with Crippen LogP contribution in [-0.2, 0) is 31.5 Å². The number of aryl methyl sites for hydroxylation is 1. The van der Waals surface area contributed by atoms with Crippen LogP contribution in [0.4, 0.5) is 35.1 Å². The summed E-state index contributed by atoms with van der Waals surface area (Å²) in [7, 11) is -4.60. The van der Waals surface area contributed by atoms with Crippen molar-refractivity contribution in [3.8, 4) is 0 Å². The summed E-state index contributed by atoms with van der Waals surface area (Å²) in [5.41, 5.74) is -7.55. The van der Waals surface area contributed by atoms with Gasteiger partial charge in [-0.1, -0.05) is 31.2 Å². The first-order valence-corrected chi connectivity index (χ1v) is 16.1. The van der Waals surface area contributed by atoms with Gasteiger partial charge in [-0.2, -0.15) is 26.3 Å². The number of carbonyl (C=O) groups excluding carboxylic acids is 1. The van der Waals surface area contributed by atoms with Gasteiger partial charge in [0.05, 0.1) is 10.9 Å². The predicted octanol–water partition coefficient (Wildman–Crippen LogP) is 7.55. The van der Waals surface area contributed by atoms with Crippen LogP contribution in [0.25, 0.3) is 0 Å². The third-order valence-corrected chi connectivity index (χ3v) is 13.0. The largest absolute Gasteiger partial charge is 0.435 e. The lowest BCUT2D eigenvalue weighted by atomic mass is 9.48. The van der Waals surface area contributed by atoms with E-state index in [1.54, 1.807) is 0 Å². The number of carbonyl (C=O) groups is 1. The summed E-state index contributed by atoms with van der Waals surface area (Å²) in [6.07, 6.45) is -9.52. The molecule has 0 N–H and O–H groups in total. The second-order valence-electron chi connectivity index (χ2n) is 13.2. The Labute approximate surface area is 249 Å². The number of hydrogen-bond donors (Lipinski definition) is 0. The minimum Gasteiger partial charge on any atom is -0.338 e. The van der Waals surface area contributed by atoms with Crippen molar-refractivity contribution in [1.82, 2.24) is 4.90 Å². The molecule has 2 aromatic rings. The first kappa shape index (κ1) is 31.3. The molecule has 13 heteroatoms. The highest BCUT2D eigenvalue weighted by Crippen LogP contribution is 2.62. The first-order valence-electron chi connectivity index (χ1n) is 14.6. The predicted molar refractivity (Wildman–Crippen MR) is 143 cm³/mol. The lowest BCUT2D eigenvalue weighted by Gasteiger charge is -2.59. The molecule has 2 saturated carbocycles. The SMILES string of the molecule is CC1CC2(C1)CC(C(=O)N1CCCC3(S(=O)(=O)c4cccc(F)c4)c4ccc(C(F)(C(F)(F)F)C(F)(F)F)cc4CCC13)C2. The Morgan fingerprint density at radius 3 is 2.18 bits per heavy atom. The zero-order valence-electron chi connectivity index (χ0n) is 23.7. The maximum Gasteiger partial charge on any atom is 0.435 e. The summed E-state index contributed by atoms with van der Waals surface area (Å²) in [5, 5.41) is 0. The van der Waals surface area contributed by atoms with Crippen molar-refractivity contribution in [3.05, 3.63) is 65.0 Å². The van der Waals surface area contributed by atoms with Crippen molar-refractivity contribution in [2.24, 2.45) is 17.3 Å². The monoisotopic (exact) mass is 649 g/mol. The van der Waals surface area contributed by atoms with Gasteiger partial charge in [0.2, 0.25) is 5.91 Å². The lowest BCUT2D eigenvalue weighted by molar-refractivity contribution is -0.348. The molecule has 6 rings (SSSR count). The van der Waals surface area contributed by atoms with Gasteiger partial charge in [-0.05, 0) is 92.0 Å². The van der Waals surface area contributed by atoms with Gasteiger partial charge in [-0.15, -0.1) is 0 Å². The van der Waals surface area contributed by atoms with Gasteiger partial charge in [0.25, 0.3) is 0 Å². The summed E-state index contributed by atoms with van der Waals surface area (Å²) in [6.45, 7) is 2.37. The van der Waals surface area contributed by atoms with Crippen molar-refractivity contribution in [2.75, 3.05) is 6.54 Å². The number of halogens is 8. The van der Waals surface area contributed by atoms with Crippen LogP contribution in [0, 0.1) is 23.1 Å². The fraction of sp³-hybridized carbons (Fsp3) is 0.581. The van der Waals surface area contributed by atoms with Crippen LogP contribution < -0.4 is 0 Å². The Morgan fingerprint density at radius 2 is 1.59 bits per heavy atom. The van der Waals surface area contributed by atoms with Crippen LogP contribution in [0.3, 0.4) is 0 Å². The molecule has 44 heavy (non-hydrogen) atoms. The van der Waals surface area contributed by atoms with Gasteiger partial charge in [0.15, 0.2) is 9.84 Å². The van der Waals surface area contributed by atoms with Gasteiger partial charge in [0.1, 0.15) is 10.6 Å². The van der Waals surface area contributed by atoms with Crippen molar-refractivity contribution in [3.63, 3.8) is 0 Å². The fourth-order valence-corrected chi connectivity index (χ4v) is 11.2. The normalized spacial score (nSPS) is 30.7. The Balaban J connectivity index is 1.47. The maximum absolute atomic E-state index is 15.0. The van der Waals surface area contributed by atoms with Gasteiger partial charge in [-0.25, -0.2) is 17.2 Å². The molecule has 2 aromatic carbocycles. The molecule has 4 aliphatic rings. The number of fused-ring (bicyclic) bond motifs is 3. The minimum absolute atomic E-state index is 0.0937. The van der Waals surface area contributed by atoms with E-state index in [-0.39, 0.29) is 60.6 Å². The van der Waals surface area contributed by atoms with Crippen LogP contribution in [0.1, 0.15) is 68.6 Å². The van der Waals surface area contributed by atoms with Crippen LogP contribution in [0.2, 0.25) is 0 Å². The maximum atomic E-state index is 15.0. The molecule has 3 aliphatic carbocycles. The van der Waals surface area contributed by atoms with E-state index in [9.17, 15) is 43.9 Å². The Hall–Kier alpha value is -2.70. The molecule has 1 amide bonds. The average Bonchev–Trinajstić information content (AvgIpc) is 2.91. The molecule has 0 aromatic heterocycles. The van der Waals surface area contributed by atoms with Crippen LogP contribution in [-0.4, -0.2) is 44.2 Å². The van der Waals surface area contributed by atoms with Gasteiger partial charge < -0.3 is 4.90 Å². The number of benzene rings is 2. The summed E-state index contributed by atoms with van der Waals surface area (Å²) in [4.78, 5) is 15.0. The van der Waals surface area contributed by atoms with E-state index < -0.39 is 54.9 Å². The zero-order valence-corrected chi connectivity index (χ0v) is 24.6. The zero-order chi connectivity index (χ0) is 32.1. The van der Waals surface area contributed by atoms with Gasteiger partial charge in [-0.3, -0.25) is 4.79 Å². The third-order valence-electron chi connectivity index (χ3n) is 10.4. The molecule has 1 spiro atoms. The highest BCUT2D eigenvalue weighted by Gasteiger charge is 2.74. The van der Waals surface area contributed by atoms with E-state index >= 15 is 4.39 Å². The van der Waals surface area contributed by atoms with E-state index in [1.807, 2.05) is 0 Å². The summed E-state index contributed by atoms with van der Waals surface area (Å²) < 4.78 is 138. The Bertz CT molecular complexity index is 1580. The number of alkyl halides is 7. The minimum atomic E-state index is -6.34. The molecular weight excluding hydrogens is 618 g/mol. The van der Waals surface area contributed by atoms with E-state index in [2.05, 4.69) is 6.92 Å². The molecule has 1 saturated heterocycles. The molecule has 4 nitrogen and oxygen atoms in total. The summed E-state index contributed by atoms with van der Waals surface area (Å²) >= 11 is 0. The topological polar surface area (TPSA) is 54.5 Å². The molecule has 1 heterocycles. The van der Waals surface area contributed by atoms with Crippen molar-refractivity contribution < 1.29 is 48.3 Å². The number of likely N-dealkylation sites (tertiary alicyclic amines) is 1. The Morgan fingerprint density at radius 1 is 0.932 bits per heavy atom. The molecule has 240 valence electrons. The highest BCUT2D eigenvalue weighted by atomic mass is 32.2. The summed E-state index contributed by atoms with van der Waals surface area (Å²) in [5.74, 6) is -0.829. The summed E-state index contributed by atoms with van der Waals surface area (Å²) in [6, 6.07) is 4.79. The van der Waals surface area contributed by atoms with E-state index in [1.165, 1.54) is 17.0 Å². The quantitative estimate of drug-likeness (QED) is 0.322.